The smallest absolute Gasteiger partial charge is 0.254 e. The summed E-state index contributed by atoms with van der Waals surface area (Å²) in [4.78, 5) is 14.8. The number of sulfonamides is 1. The number of likely N-dealkylation sites (tertiary alicyclic amines) is 1. The van der Waals surface area contributed by atoms with Crippen LogP contribution in [0.4, 0.5) is 0 Å². The summed E-state index contributed by atoms with van der Waals surface area (Å²) >= 11 is 0. The van der Waals surface area contributed by atoms with Gasteiger partial charge in [0.05, 0.1) is 4.90 Å². The van der Waals surface area contributed by atoms with Gasteiger partial charge in [-0.1, -0.05) is 0 Å². The van der Waals surface area contributed by atoms with Crippen molar-refractivity contribution in [3.8, 4) is 0 Å². The first-order valence-electron chi connectivity index (χ1n) is 8.32. The van der Waals surface area contributed by atoms with Crippen LogP contribution in [0.5, 0.6) is 0 Å². The van der Waals surface area contributed by atoms with E-state index in [-0.39, 0.29) is 35.3 Å². The number of benzene rings is 1. The van der Waals surface area contributed by atoms with Crippen molar-refractivity contribution in [2.75, 3.05) is 27.2 Å². The molecule has 25 heavy (non-hydrogen) atoms. The number of hydrogen-bond donors (Lipinski definition) is 1. The maximum absolute atomic E-state index is 12.7. The van der Waals surface area contributed by atoms with Crippen molar-refractivity contribution in [3.63, 3.8) is 0 Å². The monoisotopic (exact) mass is 389 g/mol. The Morgan fingerprint density at radius 3 is 2.44 bits per heavy atom. The van der Waals surface area contributed by atoms with E-state index in [1.807, 2.05) is 25.8 Å². The Balaban J connectivity index is 0.00000312. The lowest BCUT2D eigenvalue weighted by molar-refractivity contribution is 0.0737. The van der Waals surface area contributed by atoms with E-state index in [1.54, 1.807) is 19.2 Å². The fourth-order valence-electron chi connectivity index (χ4n) is 2.93. The summed E-state index contributed by atoms with van der Waals surface area (Å²) in [5.74, 6) is -0.0334. The van der Waals surface area contributed by atoms with Crippen LogP contribution >= 0.6 is 12.4 Å². The van der Waals surface area contributed by atoms with E-state index in [1.165, 1.54) is 16.4 Å². The fraction of sp³-hybridized carbons (Fsp3) is 0.588. The van der Waals surface area contributed by atoms with E-state index in [9.17, 15) is 13.2 Å². The quantitative estimate of drug-likeness (QED) is 0.807. The number of hydrogen-bond acceptors (Lipinski definition) is 4. The Labute approximate surface area is 157 Å². The molecule has 0 saturated carbocycles. The molecule has 1 amide bonds. The number of likely N-dealkylation sites (N-methyl/N-ethyl adjacent to an activating group) is 1. The van der Waals surface area contributed by atoms with Crippen molar-refractivity contribution in [1.82, 2.24) is 14.5 Å². The standard InChI is InChI=1S/C17H27N3O3S.ClH/c1-13(2)19(4)24(22,23)16-9-7-14(8-10-16)17(21)20-11-5-6-15(20)12-18-3;/h7-10,13,15,18H,5-6,11-12H2,1-4H3;1H. The van der Waals surface area contributed by atoms with Crippen molar-refractivity contribution >= 4 is 28.3 Å². The Morgan fingerprint density at radius 2 is 1.92 bits per heavy atom. The molecular weight excluding hydrogens is 362 g/mol. The van der Waals surface area contributed by atoms with E-state index in [2.05, 4.69) is 5.32 Å². The summed E-state index contributed by atoms with van der Waals surface area (Å²) in [6.45, 7) is 5.17. The van der Waals surface area contributed by atoms with Crippen LogP contribution in [0.2, 0.25) is 0 Å². The molecule has 1 aliphatic rings. The molecule has 1 N–H and O–H groups in total. The molecule has 0 radical (unpaired) electrons. The molecular formula is C17H28ClN3O3S. The third kappa shape index (κ3) is 4.73. The van der Waals surface area contributed by atoms with Gasteiger partial charge in [0, 0.05) is 37.8 Å². The van der Waals surface area contributed by atoms with Crippen molar-refractivity contribution in [2.45, 2.75) is 43.7 Å². The van der Waals surface area contributed by atoms with Crippen molar-refractivity contribution in [2.24, 2.45) is 0 Å². The minimum atomic E-state index is -3.52. The van der Waals surface area contributed by atoms with Gasteiger partial charge in [-0.2, -0.15) is 4.31 Å². The molecule has 0 aromatic heterocycles. The molecule has 6 nitrogen and oxygen atoms in total. The van der Waals surface area contributed by atoms with Gasteiger partial charge in [0.25, 0.3) is 5.91 Å². The van der Waals surface area contributed by atoms with E-state index in [0.29, 0.717) is 5.56 Å². The normalized spacial score (nSPS) is 17.8. The highest BCUT2D eigenvalue weighted by atomic mass is 35.5. The van der Waals surface area contributed by atoms with Crippen molar-refractivity contribution < 1.29 is 13.2 Å². The number of carbonyl (C=O) groups excluding carboxylic acids is 1. The maximum atomic E-state index is 12.7. The number of nitrogens with one attached hydrogen (secondary N) is 1. The van der Waals surface area contributed by atoms with Gasteiger partial charge in [0.2, 0.25) is 10.0 Å². The highest BCUT2D eigenvalue weighted by Gasteiger charge is 2.29. The molecule has 1 aliphatic heterocycles. The van der Waals surface area contributed by atoms with Gasteiger partial charge in [-0.25, -0.2) is 8.42 Å². The van der Waals surface area contributed by atoms with Crippen LogP contribution in [0, 0.1) is 0 Å². The van der Waals surface area contributed by atoms with Gasteiger partial charge in [-0.15, -0.1) is 12.4 Å². The SMILES string of the molecule is CNCC1CCCN1C(=O)c1ccc(S(=O)(=O)N(C)C(C)C)cc1.Cl. The lowest BCUT2D eigenvalue weighted by Crippen LogP contribution is -2.40. The third-order valence-electron chi connectivity index (χ3n) is 4.58. The van der Waals surface area contributed by atoms with Crippen LogP contribution in [0.25, 0.3) is 0 Å². The van der Waals surface area contributed by atoms with Crippen molar-refractivity contribution in [1.29, 1.82) is 0 Å². The number of amides is 1. The second-order valence-electron chi connectivity index (χ2n) is 6.49. The predicted molar refractivity (Wildman–Crippen MR) is 102 cm³/mol. The summed E-state index contributed by atoms with van der Waals surface area (Å²) in [5.41, 5.74) is 0.532. The minimum Gasteiger partial charge on any atom is -0.334 e. The van der Waals surface area contributed by atoms with Crippen LogP contribution in [-0.4, -0.2) is 62.8 Å². The highest BCUT2D eigenvalue weighted by molar-refractivity contribution is 7.89. The topological polar surface area (TPSA) is 69.7 Å². The Morgan fingerprint density at radius 1 is 1.32 bits per heavy atom. The molecule has 1 fully saturated rings. The summed E-state index contributed by atoms with van der Waals surface area (Å²) < 4.78 is 26.3. The first kappa shape index (κ1) is 21.9. The predicted octanol–water partition coefficient (Wildman–Crippen LogP) is 1.96. The van der Waals surface area contributed by atoms with Crippen LogP contribution < -0.4 is 5.32 Å². The fourth-order valence-corrected chi connectivity index (χ4v) is 4.30. The first-order chi connectivity index (χ1) is 11.3. The lowest BCUT2D eigenvalue weighted by atomic mass is 10.1. The number of nitrogens with zero attached hydrogens (tertiary/aromatic N) is 2. The summed E-state index contributed by atoms with van der Waals surface area (Å²) in [6, 6.07) is 6.34. The Bertz CT molecular complexity index is 677. The molecule has 0 spiro atoms. The lowest BCUT2D eigenvalue weighted by Gasteiger charge is -2.25. The highest BCUT2D eigenvalue weighted by Crippen LogP contribution is 2.22. The molecule has 8 heteroatoms. The molecule has 1 saturated heterocycles. The molecule has 142 valence electrons. The van der Waals surface area contributed by atoms with Crippen LogP contribution in [0.3, 0.4) is 0 Å². The largest absolute Gasteiger partial charge is 0.334 e. The van der Waals surface area contributed by atoms with E-state index >= 15 is 0 Å². The first-order valence-corrected chi connectivity index (χ1v) is 9.76. The third-order valence-corrected chi connectivity index (χ3v) is 6.63. The van der Waals surface area contributed by atoms with Gasteiger partial charge >= 0.3 is 0 Å². The van der Waals surface area contributed by atoms with E-state index < -0.39 is 10.0 Å². The average molecular weight is 390 g/mol. The van der Waals surface area contributed by atoms with Gasteiger partial charge in [0.15, 0.2) is 0 Å². The Hall–Kier alpha value is -1.15. The molecule has 1 heterocycles. The zero-order valence-electron chi connectivity index (χ0n) is 15.2. The number of rotatable bonds is 6. The van der Waals surface area contributed by atoms with Gasteiger partial charge < -0.3 is 10.2 Å². The van der Waals surface area contributed by atoms with Gasteiger partial charge in [-0.3, -0.25) is 4.79 Å². The number of halogens is 1. The summed E-state index contributed by atoms with van der Waals surface area (Å²) in [7, 11) is -0.0787. The molecule has 1 aromatic carbocycles. The second kappa shape index (κ2) is 8.98. The molecule has 2 rings (SSSR count). The summed E-state index contributed by atoms with van der Waals surface area (Å²) in [5, 5.41) is 3.12. The van der Waals surface area contributed by atoms with Crippen LogP contribution in [-0.2, 0) is 10.0 Å². The Kier molecular flexibility index (Phi) is 7.87. The number of carbonyl (C=O) groups is 1. The second-order valence-corrected chi connectivity index (χ2v) is 8.49. The van der Waals surface area contributed by atoms with E-state index in [4.69, 9.17) is 0 Å². The van der Waals surface area contributed by atoms with Gasteiger partial charge in [0.1, 0.15) is 0 Å². The molecule has 1 atom stereocenters. The van der Waals surface area contributed by atoms with Crippen LogP contribution in [0.1, 0.15) is 37.0 Å². The van der Waals surface area contributed by atoms with E-state index in [0.717, 1.165) is 25.9 Å². The zero-order chi connectivity index (χ0) is 17.9. The van der Waals surface area contributed by atoms with Gasteiger partial charge in [-0.05, 0) is 58.0 Å². The average Bonchev–Trinajstić information content (AvgIpc) is 3.02. The minimum absolute atomic E-state index is 0. The maximum Gasteiger partial charge on any atom is 0.254 e. The van der Waals surface area contributed by atoms with Crippen LogP contribution in [0.15, 0.2) is 29.2 Å². The van der Waals surface area contributed by atoms with Crippen molar-refractivity contribution in [3.05, 3.63) is 29.8 Å². The molecule has 1 unspecified atom stereocenters. The molecule has 1 aromatic rings. The zero-order valence-corrected chi connectivity index (χ0v) is 16.9. The summed E-state index contributed by atoms with van der Waals surface area (Å²) in [6.07, 6.45) is 2.00. The molecule has 0 aliphatic carbocycles. The molecule has 0 bridgehead atoms.